The van der Waals surface area contributed by atoms with Crippen LogP contribution in [0.5, 0.6) is 5.75 Å². The average Bonchev–Trinajstić information content (AvgIpc) is 3.80. The lowest BCUT2D eigenvalue weighted by molar-refractivity contribution is 0.0586. The summed E-state index contributed by atoms with van der Waals surface area (Å²) in [5, 5.41) is 12.8. The molecule has 0 N–H and O–H groups in total. The summed E-state index contributed by atoms with van der Waals surface area (Å²) in [6, 6.07) is 19.1. The van der Waals surface area contributed by atoms with Crippen LogP contribution in [0.2, 0.25) is 0 Å². The van der Waals surface area contributed by atoms with Crippen LogP contribution in [0.1, 0.15) is 34.3 Å². The highest BCUT2D eigenvalue weighted by atomic mass is 16.5. The van der Waals surface area contributed by atoms with Crippen LogP contribution in [-0.2, 0) is 11.8 Å². The van der Waals surface area contributed by atoms with Crippen LogP contribution in [0.25, 0.3) is 22.6 Å². The molecule has 5 aromatic rings. The maximum Gasteiger partial charge on any atom is 0.272 e. The third-order valence-corrected chi connectivity index (χ3v) is 7.63. The van der Waals surface area contributed by atoms with Crippen molar-refractivity contribution in [1.29, 1.82) is 0 Å². The van der Waals surface area contributed by atoms with E-state index in [2.05, 4.69) is 42.4 Å². The molecule has 3 aromatic heterocycles. The lowest BCUT2D eigenvalue weighted by atomic mass is 10.0. The summed E-state index contributed by atoms with van der Waals surface area (Å²) in [6.07, 6.45) is 2.54. The quantitative estimate of drug-likeness (QED) is 0.290. The summed E-state index contributed by atoms with van der Waals surface area (Å²) in [5.74, 6) is 1.67. The standard InChI is InChI=1S/C30H30N8O4/c1-36-34-28(33-35-36)27(20-5-3-2-4-6-20)37-12-14-38(15-13-37)30(39)25-17-21(9-11-31-25)29-32-24-18-22(7-8-26(24)42-29)41-23-10-16-40-19-23/h2-9,11,17-18,23,27H,10,12-16,19H2,1H3/t23-,27?/m1/s1. The van der Waals surface area contributed by atoms with Crippen LogP contribution in [0.4, 0.5) is 0 Å². The number of fused-ring (bicyclic) bond motifs is 1. The Morgan fingerprint density at radius 2 is 1.90 bits per heavy atom. The molecule has 5 heterocycles. The normalized spacial score (nSPS) is 18.4. The van der Waals surface area contributed by atoms with E-state index in [9.17, 15) is 4.79 Å². The molecule has 0 aliphatic carbocycles. The summed E-state index contributed by atoms with van der Waals surface area (Å²) in [7, 11) is 1.76. The van der Waals surface area contributed by atoms with Gasteiger partial charge in [-0.3, -0.25) is 14.7 Å². The Morgan fingerprint density at radius 1 is 1.05 bits per heavy atom. The second kappa shape index (κ2) is 11.3. The first-order chi connectivity index (χ1) is 20.6. The van der Waals surface area contributed by atoms with Crippen LogP contribution in [-0.4, -0.2) is 91.4 Å². The van der Waals surface area contributed by atoms with E-state index < -0.39 is 0 Å². The zero-order valence-corrected chi connectivity index (χ0v) is 23.2. The number of oxazole rings is 1. The number of nitrogens with zero attached hydrogens (tertiary/aromatic N) is 8. The minimum atomic E-state index is -0.143. The first kappa shape index (κ1) is 26.2. The number of hydrogen-bond donors (Lipinski definition) is 0. The monoisotopic (exact) mass is 566 g/mol. The molecule has 2 aliphatic heterocycles. The molecule has 2 aromatic carbocycles. The van der Waals surface area contributed by atoms with Crippen LogP contribution in [0.3, 0.4) is 0 Å². The van der Waals surface area contributed by atoms with Crippen molar-refractivity contribution in [3.05, 3.63) is 83.9 Å². The Balaban J connectivity index is 1.05. The van der Waals surface area contributed by atoms with Crippen molar-refractivity contribution in [3.63, 3.8) is 0 Å². The molecule has 1 unspecified atom stereocenters. The highest BCUT2D eigenvalue weighted by Crippen LogP contribution is 2.30. The van der Waals surface area contributed by atoms with E-state index in [0.29, 0.717) is 73.5 Å². The van der Waals surface area contributed by atoms with E-state index in [0.717, 1.165) is 17.7 Å². The molecule has 2 atom stereocenters. The van der Waals surface area contributed by atoms with Crippen molar-refractivity contribution in [2.45, 2.75) is 18.6 Å². The number of carbonyl (C=O) groups is 1. The lowest BCUT2D eigenvalue weighted by Gasteiger charge is -2.38. The number of benzene rings is 2. The Hall–Kier alpha value is -4.68. The van der Waals surface area contributed by atoms with Crippen LogP contribution >= 0.6 is 0 Å². The summed E-state index contributed by atoms with van der Waals surface area (Å²) >= 11 is 0. The van der Waals surface area contributed by atoms with Crippen LogP contribution < -0.4 is 4.74 Å². The van der Waals surface area contributed by atoms with Crippen molar-refractivity contribution < 1.29 is 18.7 Å². The zero-order chi connectivity index (χ0) is 28.5. The van der Waals surface area contributed by atoms with Gasteiger partial charge in [0.05, 0.1) is 26.3 Å². The second-order valence-corrected chi connectivity index (χ2v) is 10.5. The number of hydrogen-bond acceptors (Lipinski definition) is 10. The molecular formula is C30H30N8O4. The third kappa shape index (κ3) is 5.33. The van der Waals surface area contributed by atoms with Gasteiger partial charge in [0.1, 0.15) is 23.1 Å². The molecule has 0 saturated carbocycles. The van der Waals surface area contributed by atoms with Crippen molar-refractivity contribution >= 4 is 17.0 Å². The number of aromatic nitrogens is 6. The lowest BCUT2D eigenvalue weighted by Crippen LogP contribution is -2.50. The molecular weight excluding hydrogens is 536 g/mol. The molecule has 214 valence electrons. The van der Waals surface area contributed by atoms with Gasteiger partial charge in [-0.25, -0.2) is 4.98 Å². The van der Waals surface area contributed by atoms with E-state index in [-0.39, 0.29) is 18.1 Å². The zero-order valence-electron chi connectivity index (χ0n) is 23.2. The Kier molecular flexibility index (Phi) is 7.06. The number of amides is 1. The van der Waals surface area contributed by atoms with Gasteiger partial charge >= 0.3 is 0 Å². The number of piperazine rings is 1. The van der Waals surface area contributed by atoms with Gasteiger partial charge < -0.3 is 18.8 Å². The van der Waals surface area contributed by atoms with Crippen LogP contribution in [0.15, 0.2) is 71.3 Å². The minimum Gasteiger partial charge on any atom is -0.488 e. The van der Waals surface area contributed by atoms with Gasteiger partial charge in [0.15, 0.2) is 11.4 Å². The van der Waals surface area contributed by atoms with Gasteiger partial charge in [-0.2, -0.15) is 4.80 Å². The van der Waals surface area contributed by atoms with E-state index in [1.54, 1.807) is 25.4 Å². The Morgan fingerprint density at radius 3 is 2.67 bits per heavy atom. The molecule has 12 nitrogen and oxygen atoms in total. The van der Waals surface area contributed by atoms with E-state index >= 15 is 0 Å². The maximum atomic E-state index is 13.5. The molecule has 0 radical (unpaired) electrons. The summed E-state index contributed by atoms with van der Waals surface area (Å²) < 4.78 is 17.4. The van der Waals surface area contributed by atoms with E-state index in [1.807, 2.05) is 41.3 Å². The fourth-order valence-electron chi connectivity index (χ4n) is 5.49. The van der Waals surface area contributed by atoms with Crippen molar-refractivity contribution in [3.8, 4) is 17.2 Å². The molecule has 2 fully saturated rings. The van der Waals surface area contributed by atoms with Crippen LogP contribution in [0, 0.1) is 0 Å². The number of ether oxygens (including phenoxy) is 2. The third-order valence-electron chi connectivity index (χ3n) is 7.63. The molecule has 2 aliphatic rings. The van der Waals surface area contributed by atoms with Gasteiger partial charge in [-0.1, -0.05) is 30.3 Å². The molecule has 1 amide bonds. The first-order valence-electron chi connectivity index (χ1n) is 14.0. The number of rotatable bonds is 7. The molecule has 42 heavy (non-hydrogen) atoms. The van der Waals surface area contributed by atoms with Crippen molar-refractivity contribution in [2.24, 2.45) is 7.05 Å². The molecule has 2 saturated heterocycles. The molecule has 0 bridgehead atoms. The molecule has 12 heteroatoms. The predicted octanol–water partition coefficient (Wildman–Crippen LogP) is 3.13. The van der Waals surface area contributed by atoms with Crippen molar-refractivity contribution in [2.75, 3.05) is 39.4 Å². The molecule has 7 rings (SSSR count). The SMILES string of the molecule is Cn1nnc(C(c2ccccc2)N2CCN(C(=O)c3cc(-c4nc5cc(O[C@@H]6CCOC6)ccc5o4)ccn3)CC2)n1. The highest BCUT2D eigenvalue weighted by molar-refractivity contribution is 5.93. The van der Waals surface area contributed by atoms with Gasteiger partial charge in [0.2, 0.25) is 5.89 Å². The Bertz CT molecular complexity index is 1690. The Labute approximate surface area is 241 Å². The highest BCUT2D eigenvalue weighted by Gasteiger charge is 2.31. The summed E-state index contributed by atoms with van der Waals surface area (Å²) in [4.78, 5) is 28.1. The second-order valence-electron chi connectivity index (χ2n) is 10.5. The van der Waals surface area contributed by atoms with Gasteiger partial charge in [0.25, 0.3) is 5.91 Å². The summed E-state index contributed by atoms with van der Waals surface area (Å²) in [5.41, 5.74) is 3.46. The average molecular weight is 567 g/mol. The number of carbonyl (C=O) groups excluding carboxylic acids is 1. The van der Waals surface area contributed by atoms with E-state index in [4.69, 9.17) is 13.9 Å². The molecule has 0 spiro atoms. The predicted molar refractivity (Wildman–Crippen MR) is 152 cm³/mol. The minimum absolute atomic E-state index is 0.0531. The number of aryl methyl sites for hydroxylation is 1. The fourth-order valence-corrected chi connectivity index (χ4v) is 5.49. The first-order valence-corrected chi connectivity index (χ1v) is 14.0. The fraction of sp³-hybridized carbons (Fsp3) is 0.333. The number of tetrazole rings is 1. The smallest absolute Gasteiger partial charge is 0.272 e. The topological polar surface area (TPSA) is 125 Å². The van der Waals surface area contributed by atoms with Gasteiger partial charge in [0, 0.05) is 50.4 Å². The van der Waals surface area contributed by atoms with Crippen molar-refractivity contribution in [1.82, 2.24) is 40.0 Å². The number of pyridine rings is 1. The largest absolute Gasteiger partial charge is 0.488 e. The maximum absolute atomic E-state index is 13.5. The van der Waals surface area contributed by atoms with E-state index in [1.165, 1.54) is 4.80 Å². The van der Waals surface area contributed by atoms with Gasteiger partial charge in [-0.15, -0.1) is 10.2 Å². The van der Waals surface area contributed by atoms with Gasteiger partial charge in [-0.05, 0) is 35.0 Å². The summed E-state index contributed by atoms with van der Waals surface area (Å²) in [6.45, 7) is 3.72.